The van der Waals surface area contributed by atoms with Crippen molar-refractivity contribution in [1.82, 2.24) is 4.73 Å². The second-order valence-electron chi connectivity index (χ2n) is 5.48. The maximum atomic E-state index is 12.5. The molecule has 6 heteroatoms. The van der Waals surface area contributed by atoms with E-state index in [4.69, 9.17) is 4.74 Å². The van der Waals surface area contributed by atoms with Crippen LogP contribution in [-0.2, 0) is 0 Å². The quantitative estimate of drug-likeness (QED) is 0.417. The van der Waals surface area contributed by atoms with Crippen molar-refractivity contribution in [3.8, 4) is 5.75 Å². The van der Waals surface area contributed by atoms with Gasteiger partial charge >= 0.3 is 5.69 Å². The zero-order valence-corrected chi connectivity index (χ0v) is 13.8. The fourth-order valence-electron chi connectivity index (χ4n) is 2.60. The summed E-state index contributed by atoms with van der Waals surface area (Å²) in [5.74, 6) is 0.178. The van der Waals surface area contributed by atoms with Gasteiger partial charge < -0.3 is 14.7 Å². The van der Waals surface area contributed by atoms with E-state index in [-0.39, 0.29) is 22.4 Å². The first kappa shape index (κ1) is 16.4. The van der Waals surface area contributed by atoms with Gasteiger partial charge in [0.25, 0.3) is 11.3 Å². The summed E-state index contributed by atoms with van der Waals surface area (Å²) in [5.41, 5.74) is 1.05. The third-order valence-corrected chi connectivity index (χ3v) is 3.95. The summed E-state index contributed by atoms with van der Waals surface area (Å²) in [5, 5.41) is 12.3. The predicted octanol–water partition coefficient (Wildman–Crippen LogP) is 3.11. The molecule has 0 aliphatic rings. The second-order valence-corrected chi connectivity index (χ2v) is 5.48. The van der Waals surface area contributed by atoms with Crippen LogP contribution in [0.4, 0.5) is 0 Å². The number of allylic oxidation sites excluding steroid dienone is 1. The molecule has 0 N–H and O–H groups in total. The number of methoxy groups -OCH3 is 1. The molecule has 3 aromatic rings. The molecule has 126 valence electrons. The van der Waals surface area contributed by atoms with Crippen molar-refractivity contribution >= 4 is 22.9 Å². The Morgan fingerprint density at radius 3 is 2.52 bits per heavy atom. The lowest BCUT2D eigenvalue weighted by atomic mass is 10.1. The first-order chi connectivity index (χ1) is 12.0. The van der Waals surface area contributed by atoms with Crippen LogP contribution in [0.2, 0.25) is 0 Å². The van der Waals surface area contributed by atoms with Gasteiger partial charge in [0.15, 0.2) is 0 Å². The minimum absolute atomic E-state index is 0.0677. The fraction of sp³-hybridized carbons (Fsp3) is 0.105. The Kier molecular flexibility index (Phi) is 4.35. The summed E-state index contributed by atoms with van der Waals surface area (Å²) in [6.07, 6.45) is 2.87. The largest absolute Gasteiger partial charge is 0.805 e. The van der Waals surface area contributed by atoms with Gasteiger partial charge in [-0.1, -0.05) is 30.3 Å². The number of hydrogen-bond acceptors (Lipinski definition) is 4. The molecule has 0 unspecified atom stereocenters. The lowest BCUT2D eigenvalue weighted by molar-refractivity contribution is -0.468. The van der Waals surface area contributed by atoms with E-state index in [2.05, 4.69) is 0 Å². The molecule has 0 spiro atoms. The zero-order chi connectivity index (χ0) is 18.0. The normalized spacial score (nSPS) is 11.1. The third-order valence-electron chi connectivity index (χ3n) is 3.95. The Morgan fingerprint density at radius 2 is 1.84 bits per heavy atom. The summed E-state index contributed by atoms with van der Waals surface area (Å²) >= 11 is 0. The molecule has 1 aromatic heterocycles. The van der Waals surface area contributed by atoms with Crippen LogP contribution in [0.5, 0.6) is 5.75 Å². The average molecular weight is 336 g/mol. The van der Waals surface area contributed by atoms with Crippen LogP contribution < -0.4 is 9.16 Å². The van der Waals surface area contributed by atoms with Gasteiger partial charge in [0.2, 0.25) is 0 Å². The number of aromatic nitrogens is 2. The van der Waals surface area contributed by atoms with E-state index in [0.717, 1.165) is 5.56 Å². The molecule has 0 aliphatic heterocycles. The molecular formula is C19H16N2O4. The van der Waals surface area contributed by atoms with Gasteiger partial charge in [-0.3, -0.25) is 4.79 Å². The van der Waals surface area contributed by atoms with Crippen molar-refractivity contribution in [1.29, 1.82) is 0 Å². The average Bonchev–Trinajstić information content (AvgIpc) is 2.65. The van der Waals surface area contributed by atoms with E-state index < -0.39 is 5.78 Å². The fourth-order valence-corrected chi connectivity index (χ4v) is 2.60. The monoisotopic (exact) mass is 336 g/mol. The third kappa shape index (κ3) is 3.01. The first-order valence-electron chi connectivity index (χ1n) is 7.64. The van der Waals surface area contributed by atoms with Crippen molar-refractivity contribution in [3.05, 3.63) is 81.7 Å². The first-order valence-corrected chi connectivity index (χ1v) is 7.64. The van der Waals surface area contributed by atoms with Crippen LogP contribution in [0.15, 0.2) is 54.6 Å². The van der Waals surface area contributed by atoms with Gasteiger partial charge in [0.05, 0.1) is 17.2 Å². The molecule has 0 saturated carbocycles. The minimum atomic E-state index is -0.529. The molecule has 25 heavy (non-hydrogen) atoms. The maximum Gasteiger partial charge on any atom is 0.329 e. The van der Waals surface area contributed by atoms with Crippen molar-refractivity contribution in [2.24, 2.45) is 0 Å². The van der Waals surface area contributed by atoms with Gasteiger partial charge in [0, 0.05) is 11.0 Å². The van der Waals surface area contributed by atoms with Crippen LogP contribution in [0, 0.1) is 17.0 Å². The van der Waals surface area contributed by atoms with Gasteiger partial charge in [-0.2, -0.15) is 0 Å². The lowest BCUT2D eigenvalue weighted by Gasteiger charge is -2.15. The molecular weight excluding hydrogens is 320 g/mol. The van der Waals surface area contributed by atoms with Crippen molar-refractivity contribution < 1.29 is 14.0 Å². The number of hydrogen-bond donors (Lipinski definition) is 0. The molecule has 0 amide bonds. The van der Waals surface area contributed by atoms with Crippen LogP contribution in [0.1, 0.15) is 21.7 Å². The maximum absolute atomic E-state index is 12.5. The summed E-state index contributed by atoms with van der Waals surface area (Å²) in [7, 11) is 1.57. The van der Waals surface area contributed by atoms with E-state index in [9.17, 15) is 14.9 Å². The molecule has 0 radical (unpaired) electrons. The van der Waals surface area contributed by atoms with Crippen LogP contribution in [0.3, 0.4) is 0 Å². The number of ether oxygens (including phenoxy) is 1. The number of fused-ring (bicyclic) bond motifs is 1. The highest BCUT2D eigenvalue weighted by Crippen LogP contribution is 2.15. The summed E-state index contributed by atoms with van der Waals surface area (Å²) < 4.78 is 6.20. The van der Waals surface area contributed by atoms with Gasteiger partial charge in [0.1, 0.15) is 11.3 Å². The van der Waals surface area contributed by atoms with E-state index >= 15 is 0 Å². The highest BCUT2D eigenvalue weighted by atomic mass is 16.5. The molecule has 0 saturated heterocycles. The standard InChI is InChI=1S/C19H16N2O4/c1-13-19(21(24)17-6-4-3-5-16(17)20(13)23)18(22)12-9-14-7-10-15(25-2)11-8-14/h3-12H,1-2H3/b12-9+. The Balaban J connectivity index is 2.02. The molecule has 0 bridgehead atoms. The smallest absolute Gasteiger partial charge is 0.329 e. The number of ketones is 1. The van der Waals surface area contributed by atoms with Gasteiger partial charge in [-0.15, -0.1) is 0 Å². The van der Waals surface area contributed by atoms with Crippen molar-refractivity contribution in [3.63, 3.8) is 0 Å². The zero-order valence-electron chi connectivity index (χ0n) is 13.8. The van der Waals surface area contributed by atoms with E-state index in [1.807, 2.05) is 0 Å². The van der Waals surface area contributed by atoms with Crippen LogP contribution in [0.25, 0.3) is 17.1 Å². The highest BCUT2D eigenvalue weighted by molar-refractivity contribution is 6.05. The number of para-hydroxylation sites is 2. The molecule has 6 nitrogen and oxygen atoms in total. The topological polar surface area (TPSA) is 77.3 Å². The highest BCUT2D eigenvalue weighted by Gasteiger charge is 2.24. The summed E-state index contributed by atoms with van der Waals surface area (Å²) in [4.78, 5) is 25.0. The molecule has 3 rings (SSSR count). The minimum Gasteiger partial charge on any atom is -0.805 e. The van der Waals surface area contributed by atoms with Crippen LogP contribution in [-0.4, -0.2) is 17.6 Å². The Bertz CT molecular complexity index is 1030. The van der Waals surface area contributed by atoms with Crippen molar-refractivity contribution in [2.45, 2.75) is 6.92 Å². The number of carbonyl (C=O) groups excluding carboxylic acids is 1. The molecule has 0 atom stereocenters. The SMILES string of the molecule is COc1ccc(/C=C/C(=O)c2c(C)n([O-])c3ccccc3[n+]2=O)cc1. The predicted molar refractivity (Wildman–Crippen MR) is 95.2 cm³/mol. The summed E-state index contributed by atoms with van der Waals surface area (Å²) in [6.45, 7) is 1.46. The number of rotatable bonds is 4. The Labute approximate surface area is 143 Å². The van der Waals surface area contributed by atoms with Crippen LogP contribution >= 0.6 is 0 Å². The van der Waals surface area contributed by atoms with Gasteiger partial charge in [-0.05, 0) is 36.8 Å². The number of benzene rings is 2. The number of carbonyl (C=O) groups is 1. The van der Waals surface area contributed by atoms with Crippen molar-refractivity contribution in [2.75, 3.05) is 7.11 Å². The molecule has 2 aromatic carbocycles. The summed E-state index contributed by atoms with van der Waals surface area (Å²) in [6, 6.07) is 13.5. The lowest BCUT2D eigenvalue weighted by Crippen LogP contribution is -2.29. The molecule has 1 heterocycles. The van der Waals surface area contributed by atoms with Gasteiger partial charge in [-0.25, -0.2) is 0 Å². The molecule has 0 fully saturated rings. The van der Waals surface area contributed by atoms with E-state index in [1.54, 1.807) is 55.7 Å². The van der Waals surface area contributed by atoms with E-state index in [0.29, 0.717) is 14.9 Å². The van der Waals surface area contributed by atoms with E-state index in [1.165, 1.54) is 19.1 Å². The number of nitrogens with zero attached hydrogens (tertiary/aromatic N) is 2. The second kappa shape index (κ2) is 6.60. The Morgan fingerprint density at radius 1 is 1.16 bits per heavy atom. The molecule has 0 aliphatic carbocycles. The Hall–Kier alpha value is -3.41.